The molecule has 0 bridgehead atoms. The molecule has 0 heterocycles. The van der Waals surface area contributed by atoms with Crippen LogP contribution in [-0.4, -0.2) is 20.7 Å². The molecule has 6 aromatic rings. The topological polar surface area (TPSA) is 52.0 Å². The summed E-state index contributed by atoms with van der Waals surface area (Å²) in [7, 11) is -0.618. The van der Waals surface area contributed by atoms with Gasteiger partial charge in [-0.2, -0.15) is 0 Å². The summed E-state index contributed by atoms with van der Waals surface area (Å²) in [5, 5.41) is 5.94. The maximum atomic E-state index is 6.15. The van der Waals surface area contributed by atoms with Crippen molar-refractivity contribution in [3.63, 3.8) is 0 Å². The van der Waals surface area contributed by atoms with Gasteiger partial charge in [0, 0.05) is 12.1 Å². The molecule has 0 saturated heterocycles. The molecular formula is C41H42BN2P2Ru. The minimum absolute atomic E-state index is 0. The fourth-order valence-electron chi connectivity index (χ4n) is 5.40. The number of benzene rings is 6. The van der Waals surface area contributed by atoms with Crippen molar-refractivity contribution in [3.8, 4) is 0 Å². The van der Waals surface area contributed by atoms with Crippen LogP contribution in [0.3, 0.4) is 0 Å². The van der Waals surface area contributed by atoms with E-state index in [4.69, 9.17) is 11.5 Å². The number of rotatable bonds is 11. The van der Waals surface area contributed by atoms with Gasteiger partial charge in [-0.1, -0.05) is 182 Å². The molecule has 5 radical (unpaired) electrons. The average Bonchev–Trinajstić information content (AvgIpc) is 3.13. The molecule has 0 spiro atoms. The maximum absolute atomic E-state index is 6.15. The first-order valence-corrected chi connectivity index (χ1v) is 18.6. The van der Waals surface area contributed by atoms with Gasteiger partial charge < -0.3 is 19.9 Å². The van der Waals surface area contributed by atoms with Crippen molar-refractivity contribution in [2.45, 2.75) is 18.5 Å². The van der Waals surface area contributed by atoms with E-state index in [1.807, 2.05) is 60.7 Å². The number of hydrogen-bond donors (Lipinski definition) is 2. The van der Waals surface area contributed by atoms with Gasteiger partial charge in [0.15, 0.2) is 0 Å². The Kier molecular flexibility index (Phi) is 17.0. The molecule has 2 unspecified atom stereocenters. The molecule has 0 fully saturated rings. The molecule has 2 nitrogen and oxygen atoms in total. The van der Waals surface area contributed by atoms with Gasteiger partial charge >= 0.3 is 19.5 Å². The first-order chi connectivity index (χ1) is 22.2. The third-order valence-corrected chi connectivity index (χ3v) is 13.0. The number of hydrogen-bond acceptors (Lipinski definition) is 2. The van der Waals surface area contributed by atoms with Gasteiger partial charge in [0.2, 0.25) is 0 Å². The van der Waals surface area contributed by atoms with Gasteiger partial charge in [-0.25, -0.2) is 0 Å². The molecule has 0 aliphatic heterocycles. The van der Waals surface area contributed by atoms with Crippen LogP contribution in [0, 0.1) is 0 Å². The average molecular weight is 737 g/mol. The van der Waals surface area contributed by atoms with Crippen LogP contribution in [0.1, 0.15) is 29.6 Å². The molecule has 47 heavy (non-hydrogen) atoms. The Balaban J connectivity index is 0.000000285. The predicted octanol–water partition coefficient (Wildman–Crippen LogP) is 7.65. The Morgan fingerprint density at radius 3 is 0.809 bits per heavy atom. The van der Waals surface area contributed by atoms with E-state index in [1.165, 1.54) is 40.0 Å². The number of nitrogens with two attached hydrogens (primary N) is 2. The van der Waals surface area contributed by atoms with E-state index in [9.17, 15) is 0 Å². The van der Waals surface area contributed by atoms with E-state index < -0.39 is 0 Å². The molecule has 0 saturated carbocycles. The van der Waals surface area contributed by atoms with Crippen LogP contribution < -0.4 is 32.7 Å². The second-order valence-electron chi connectivity index (χ2n) is 10.9. The van der Waals surface area contributed by atoms with Gasteiger partial charge in [-0.15, -0.1) is 0 Å². The van der Waals surface area contributed by atoms with E-state index in [2.05, 4.69) is 121 Å². The van der Waals surface area contributed by atoms with E-state index in [-0.39, 0.29) is 55.8 Å². The van der Waals surface area contributed by atoms with Crippen LogP contribution in [0.25, 0.3) is 0 Å². The second-order valence-corrected chi connectivity index (χ2v) is 15.5. The van der Waals surface area contributed by atoms with Crippen molar-refractivity contribution >= 4 is 45.5 Å². The van der Waals surface area contributed by atoms with Gasteiger partial charge in [0.05, 0.1) is 0 Å². The molecule has 0 aromatic heterocycles. The van der Waals surface area contributed by atoms with Crippen LogP contribution >= 0.6 is 15.8 Å². The van der Waals surface area contributed by atoms with Crippen molar-refractivity contribution in [2.24, 2.45) is 11.5 Å². The van der Waals surface area contributed by atoms with Crippen LogP contribution in [-0.2, 0) is 19.5 Å². The van der Waals surface area contributed by atoms with Crippen LogP contribution in [0.2, 0.25) is 0 Å². The van der Waals surface area contributed by atoms with Gasteiger partial charge in [-0.05, 0) is 66.9 Å². The molecule has 6 aromatic carbocycles. The van der Waals surface area contributed by atoms with Gasteiger partial charge in [-0.3, -0.25) is 0 Å². The standard InChI is InChI=1S/C27H26P2.C14H16N2.B.Ru/c1-5-14-24(15-6-1)28(25-16-7-2-8-17-25)22-13-23-29(26-18-9-3-10-19-26)27-20-11-4-12-21-27;15-13(11-7-3-1-4-8-11)14(16)12-9-5-2-6-10-12;;/h1-12,14-21H,13,22-23H2;1-10,13-14H,15-16H2;;/q;;-1;+1. The van der Waals surface area contributed by atoms with Crippen molar-refractivity contribution < 1.29 is 19.5 Å². The Morgan fingerprint density at radius 2 is 0.574 bits per heavy atom. The quantitative estimate of drug-likeness (QED) is 0.106. The summed E-state index contributed by atoms with van der Waals surface area (Å²) in [5.41, 5.74) is 14.4. The van der Waals surface area contributed by atoms with Crippen molar-refractivity contribution in [1.29, 1.82) is 0 Å². The summed E-state index contributed by atoms with van der Waals surface area (Å²) in [4.78, 5) is 0. The summed E-state index contributed by atoms with van der Waals surface area (Å²) in [6.07, 6.45) is 3.72. The molecular weight excluding hydrogens is 694 g/mol. The SMILES string of the molecule is NC(c1ccccc1)C(N)c1ccccc1.[B-].[Ru+].c1ccc(P(CCCP(c2ccccc2)c2ccccc2)c2ccccc2)cc1. The zero-order chi connectivity index (χ0) is 31.1. The van der Waals surface area contributed by atoms with Crippen LogP contribution in [0.15, 0.2) is 182 Å². The van der Waals surface area contributed by atoms with Gasteiger partial charge in [0.1, 0.15) is 0 Å². The molecule has 0 aliphatic rings. The Bertz CT molecular complexity index is 1440. The summed E-state index contributed by atoms with van der Waals surface area (Å²) in [6.45, 7) is 0. The largest absolute Gasteiger partial charge is 1.00 e. The normalized spacial score (nSPS) is 11.7. The van der Waals surface area contributed by atoms with Crippen molar-refractivity contribution in [3.05, 3.63) is 193 Å². The summed E-state index contributed by atoms with van der Waals surface area (Å²) < 4.78 is 0. The van der Waals surface area contributed by atoms with E-state index in [1.54, 1.807) is 0 Å². The minimum Gasteiger partial charge on any atom is -1.00 e. The van der Waals surface area contributed by atoms with Crippen LogP contribution in [0.5, 0.6) is 0 Å². The Labute approximate surface area is 298 Å². The molecule has 6 heteroatoms. The van der Waals surface area contributed by atoms with Gasteiger partial charge in [0.25, 0.3) is 0 Å². The third kappa shape index (κ3) is 11.5. The molecule has 6 rings (SSSR count). The minimum atomic E-state index is -0.309. The first kappa shape index (κ1) is 38.2. The van der Waals surface area contributed by atoms with E-state index in [0.717, 1.165) is 11.1 Å². The van der Waals surface area contributed by atoms with E-state index in [0.29, 0.717) is 0 Å². The monoisotopic (exact) mass is 737 g/mol. The van der Waals surface area contributed by atoms with E-state index >= 15 is 0 Å². The van der Waals surface area contributed by atoms with Crippen molar-refractivity contribution in [2.75, 3.05) is 12.3 Å². The predicted molar refractivity (Wildman–Crippen MR) is 205 cm³/mol. The Morgan fingerprint density at radius 1 is 0.362 bits per heavy atom. The molecule has 0 amide bonds. The first-order valence-electron chi connectivity index (χ1n) is 15.6. The summed E-state index contributed by atoms with van der Waals surface area (Å²) in [6, 6.07) is 63.9. The third-order valence-electron chi connectivity index (χ3n) is 7.79. The fraction of sp³-hybridized carbons (Fsp3) is 0.122. The molecule has 0 aliphatic carbocycles. The summed E-state index contributed by atoms with van der Waals surface area (Å²) >= 11 is 0. The molecule has 2 atom stereocenters. The second kappa shape index (κ2) is 20.9. The smallest absolute Gasteiger partial charge is 1.00 e. The zero-order valence-electron chi connectivity index (χ0n) is 26.6. The summed E-state index contributed by atoms with van der Waals surface area (Å²) in [5.74, 6) is 0. The maximum Gasteiger partial charge on any atom is 1.00 e. The molecule has 237 valence electrons. The zero-order valence-corrected chi connectivity index (χ0v) is 30.1. The Hall–Kier alpha value is -3.21. The van der Waals surface area contributed by atoms with Crippen LogP contribution in [0.4, 0.5) is 0 Å². The fourth-order valence-corrected chi connectivity index (χ4v) is 10.4. The molecule has 4 N–H and O–H groups in total. The van der Waals surface area contributed by atoms with Crippen molar-refractivity contribution in [1.82, 2.24) is 0 Å².